The molecule has 2 aliphatic rings. The SMILES string of the molecule is CC(C)(C)OC(=O)Nc1cnccc1CCN1CCCC1.Nc1cnccc1CCN1CCCC1. The van der Waals surface area contributed by atoms with Crippen LogP contribution in [0.15, 0.2) is 36.9 Å². The standard InChI is InChI=1S/C16H25N3O2.C11H17N3/c1-16(2,3)21-15(20)18-14-12-17-8-6-13(14)7-11-19-9-4-5-10-19;12-11-9-13-5-3-10(11)4-8-14-6-1-2-7-14/h6,8,12H,4-5,7,9-11H2,1-3H3,(H,18,20);3,5,9H,1-2,4,6-8,12H2. The molecule has 0 aliphatic carbocycles. The van der Waals surface area contributed by atoms with Crippen LogP contribution in [0.2, 0.25) is 0 Å². The topological polar surface area (TPSA) is 96.6 Å². The van der Waals surface area contributed by atoms with Crippen LogP contribution in [0.3, 0.4) is 0 Å². The van der Waals surface area contributed by atoms with Crippen LogP contribution in [0.1, 0.15) is 57.6 Å². The van der Waals surface area contributed by atoms with E-state index in [-0.39, 0.29) is 0 Å². The molecule has 2 fully saturated rings. The zero-order valence-corrected chi connectivity index (χ0v) is 21.6. The molecule has 0 unspecified atom stereocenters. The number of rotatable bonds is 7. The van der Waals surface area contributed by atoms with Gasteiger partial charge in [-0.3, -0.25) is 15.3 Å². The Morgan fingerprint density at radius 3 is 1.97 bits per heavy atom. The second kappa shape index (κ2) is 13.4. The minimum atomic E-state index is -0.498. The van der Waals surface area contributed by atoms with Gasteiger partial charge < -0.3 is 20.3 Å². The number of carbonyl (C=O) groups is 1. The van der Waals surface area contributed by atoms with E-state index >= 15 is 0 Å². The van der Waals surface area contributed by atoms with Crippen LogP contribution in [-0.4, -0.2) is 70.7 Å². The van der Waals surface area contributed by atoms with Gasteiger partial charge >= 0.3 is 6.09 Å². The lowest BCUT2D eigenvalue weighted by atomic mass is 10.1. The van der Waals surface area contributed by atoms with Crippen LogP contribution in [0.4, 0.5) is 16.2 Å². The van der Waals surface area contributed by atoms with Crippen LogP contribution in [0.5, 0.6) is 0 Å². The number of hydrogen-bond acceptors (Lipinski definition) is 7. The highest BCUT2D eigenvalue weighted by Crippen LogP contribution is 2.18. The van der Waals surface area contributed by atoms with Crippen molar-refractivity contribution in [3.63, 3.8) is 0 Å². The molecule has 0 aromatic carbocycles. The third-order valence-corrected chi connectivity index (χ3v) is 6.29. The number of anilines is 2. The first-order chi connectivity index (χ1) is 16.8. The quantitative estimate of drug-likeness (QED) is 0.605. The zero-order chi connectivity index (χ0) is 25.1. The van der Waals surface area contributed by atoms with Gasteiger partial charge in [-0.05, 0) is 109 Å². The predicted molar refractivity (Wildman–Crippen MR) is 141 cm³/mol. The van der Waals surface area contributed by atoms with Crippen molar-refractivity contribution in [3.05, 3.63) is 48.0 Å². The third-order valence-electron chi connectivity index (χ3n) is 6.29. The van der Waals surface area contributed by atoms with E-state index < -0.39 is 11.7 Å². The van der Waals surface area contributed by atoms with Gasteiger partial charge in [0.2, 0.25) is 0 Å². The minimum Gasteiger partial charge on any atom is -0.444 e. The molecule has 8 nitrogen and oxygen atoms in total. The molecule has 0 atom stereocenters. The smallest absolute Gasteiger partial charge is 0.412 e. The number of aromatic nitrogens is 2. The maximum Gasteiger partial charge on any atom is 0.412 e. The number of nitrogen functional groups attached to an aromatic ring is 1. The second-order valence-corrected chi connectivity index (χ2v) is 10.3. The Balaban J connectivity index is 0.000000211. The van der Waals surface area contributed by atoms with Gasteiger partial charge in [0.15, 0.2) is 0 Å². The lowest BCUT2D eigenvalue weighted by molar-refractivity contribution is 0.0635. The number of carbonyl (C=O) groups excluding carboxylic acids is 1. The van der Waals surface area contributed by atoms with Gasteiger partial charge in [-0.15, -0.1) is 0 Å². The Kier molecular flexibility index (Phi) is 10.3. The van der Waals surface area contributed by atoms with Crippen molar-refractivity contribution in [2.24, 2.45) is 0 Å². The van der Waals surface area contributed by atoms with Crippen molar-refractivity contribution in [3.8, 4) is 0 Å². The molecule has 35 heavy (non-hydrogen) atoms. The van der Waals surface area contributed by atoms with Crippen LogP contribution < -0.4 is 11.1 Å². The van der Waals surface area contributed by atoms with E-state index in [2.05, 4.69) is 25.1 Å². The largest absolute Gasteiger partial charge is 0.444 e. The number of likely N-dealkylation sites (tertiary alicyclic amines) is 2. The number of ether oxygens (including phenoxy) is 1. The van der Waals surface area contributed by atoms with Crippen molar-refractivity contribution in [1.29, 1.82) is 0 Å². The van der Waals surface area contributed by atoms with Gasteiger partial charge in [0.1, 0.15) is 5.60 Å². The Morgan fingerprint density at radius 2 is 1.43 bits per heavy atom. The number of amides is 1. The van der Waals surface area contributed by atoms with Crippen molar-refractivity contribution in [1.82, 2.24) is 19.8 Å². The van der Waals surface area contributed by atoms with Crippen molar-refractivity contribution >= 4 is 17.5 Å². The fraction of sp³-hybridized carbons (Fsp3) is 0.593. The maximum atomic E-state index is 11.9. The van der Waals surface area contributed by atoms with Crippen LogP contribution in [0, 0.1) is 0 Å². The molecule has 0 saturated carbocycles. The molecule has 4 heterocycles. The Bertz CT molecular complexity index is 918. The number of pyridine rings is 2. The number of nitrogens with zero attached hydrogens (tertiary/aromatic N) is 4. The average Bonchev–Trinajstić information content (AvgIpc) is 3.52. The van der Waals surface area contributed by atoms with E-state index in [0.717, 1.165) is 42.9 Å². The monoisotopic (exact) mass is 482 g/mol. The highest BCUT2D eigenvalue weighted by Gasteiger charge is 2.18. The van der Waals surface area contributed by atoms with Gasteiger partial charge in [0.25, 0.3) is 0 Å². The number of nitrogens with two attached hydrogens (primary N) is 1. The lowest BCUT2D eigenvalue weighted by Gasteiger charge is -2.20. The van der Waals surface area contributed by atoms with Gasteiger partial charge in [-0.25, -0.2) is 4.79 Å². The van der Waals surface area contributed by atoms with Crippen molar-refractivity contribution in [2.45, 2.75) is 64.9 Å². The lowest BCUT2D eigenvalue weighted by Crippen LogP contribution is -2.28. The molecule has 0 bridgehead atoms. The molecule has 0 spiro atoms. The fourth-order valence-corrected chi connectivity index (χ4v) is 4.40. The average molecular weight is 483 g/mol. The van der Waals surface area contributed by atoms with Crippen molar-refractivity contribution in [2.75, 3.05) is 50.3 Å². The van der Waals surface area contributed by atoms with E-state index in [1.54, 1.807) is 18.6 Å². The second-order valence-electron chi connectivity index (χ2n) is 10.3. The van der Waals surface area contributed by atoms with Crippen LogP contribution >= 0.6 is 0 Å². The summed E-state index contributed by atoms with van der Waals surface area (Å²) in [6.07, 6.45) is 13.8. The summed E-state index contributed by atoms with van der Waals surface area (Å²) in [6.45, 7) is 12.6. The molecule has 3 N–H and O–H groups in total. The number of hydrogen-bond donors (Lipinski definition) is 2. The van der Waals surface area contributed by atoms with E-state index in [0.29, 0.717) is 0 Å². The maximum absolute atomic E-state index is 11.9. The molecule has 4 rings (SSSR count). The molecule has 2 saturated heterocycles. The Hall–Kier alpha value is -2.71. The molecule has 1 amide bonds. The first-order valence-corrected chi connectivity index (χ1v) is 12.9. The summed E-state index contributed by atoms with van der Waals surface area (Å²) < 4.78 is 5.29. The van der Waals surface area contributed by atoms with Gasteiger partial charge in [0.05, 0.1) is 23.8 Å². The van der Waals surface area contributed by atoms with Gasteiger partial charge in [-0.2, -0.15) is 0 Å². The minimum absolute atomic E-state index is 0.432. The Morgan fingerprint density at radius 1 is 0.914 bits per heavy atom. The van der Waals surface area contributed by atoms with E-state index in [9.17, 15) is 4.79 Å². The molecular formula is C27H42N6O2. The van der Waals surface area contributed by atoms with Crippen LogP contribution in [-0.2, 0) is 17.6 Å². The first-order valence-electron chi connectivity index (χ1n) is 12.9. The highest BCUT2D eigenvalue weighted by atomic mass is 16.6. The summed E-state index contributed by atoms with van der Waals surface area (Å²) in [7, 11) is 0. The zero-order valence-electron chi connectivity index (χ0n) is 21.6. The van der Waals surface area contributed by atoms with Crippen molar-refractivity contribution < 1.29 is 9.53 Å². The molecule has 0 radical (unpaired) electrons. The normalized spacial score (nSPS) is 16.5. The third kappa shape index (κ3) is 9.82. The summed E-state index contributed by atoms with van der Waals surface area (Å²) in [6, 6.07) is 3.98. The highest BCUT2D eigenvalue weighted by molar-refractivity contribution is 5.85. The van der Waals surface area contributed by atoms with Gasteiger partial charge in [-0.1, -0.05) is 0 Å². The van der Waals surface area contributed by atoms with E-state index in [1.807, 2.05) is 39.1 Å². The molecule has 2 aliphatic heterocycles. The summed E-state index contributed by atoms with van der Waals surface area (Å²) in [4.78, 5) is 24.9. The Labute approximate surface area is 210 Å². The summed E-state index contributed by atoms with van der Waals surface area (Å²) in [5, 5.41) is 2.80. The van der Waals surface area contributed by atoms with E-state index in [4.69, 9.17) is 10.5 Å². The molecule has 2 aromatic heterocycles. The first kappa shape index (κ1) is 26.9. The predicted octanol–water partition coefficient (Wildman–Crippen LogP) is 4.37. The fourth-order valence-electron chi connectivity index (χ4n) is 4.40. The van der Waals surface area contributed by atoms with Crippen LogP contribution in [0.25, 0.3) is 0 Å². The molecule has 192 valence electrons. The molecule has 8 heteroatoms. The molecule has 2 aromatic rings. The van der Waals surface area contributed by atoms with Gasteiger partial charge in [0, 0.05) is 25.5 Å². The summed E-state index contributed by atoms with van der Waals surface area (Å²) >= 11 is 0. The molecular weight excluding hydrogens is 440 g/mol. The summed E-state index contributed by atoms with van der Waals surface area (Å²) in [5.74, 6) is 0. The summed E-state index contributed by atoms with van der Waals surface area (Å²) in [5.41, 5.74) is 9.22. The number of nitrogens with one attached hydrogen (secondary N) is 1. The van der Waals surface area contributed by atoms with E-state index in [1.165, 1.54) is 57.4 Å².